The molecule has 1 heterocycles. The van der Waals surface area contributed by atoms with E-state index in [1.165, 1.54) is 23.0 Å². The summed E-state index contributed by atoms with van der Waals surface area (Å²) in [6.45, 7) is 0.119. The predicted molar refractivity (Wildman–Crippen MR) is 58.7 cm³/mol. The van der Waals surface area contributed by atoms with Crippen LogP contribution in [0, 0.1) is 5.82 Å². The van der Waals surface area contributed by atoms with Crippen molar-refractivity contribution in [3.05, 3.63) is 53.6 Å². The van der Waals surface area contributed by atoms with Crippen molar-refractivity contribution in [3.63, 3.8) is 0 Å². The first-order valence-corrected chi connectivity index (χ1v) is 5.05. The second-order valence-corrected chi connectivity index (χ2v) is 3.61. The minimum Gasteiger partial charge on any atom is -0.457 e. The maximum absolute atomic E-state index is 12.6. The molecule has 0 spiro atoms. The average Bonchev–Trinajstić information content (AvgIpc) is 2.75. The number of rotatable bonds is 3. The van der Waals surface area contributed by atoms with Crippen molar-refractivity contribution in [1.29, 1.82) is 0 Å². The van der Waals surface area contributed by atoms with Crippen LogP contribution in [0.15, 0.2) is 36.7 Å². The summed E-state index contributed by atoms with van der Waals surface area (Å²) in [4.78, 5) is 11.5. The number of hydrogen-bond acceptors (Lipinski definition) is 3. The van der Waals surface area contributed by atoms with Gasteiger partial charge in [-0.05, 0) is 17.7 Å². The van der Waals surface area contributed by atoms with Gasteiger partial charge < -0.3 is 4.74 Å². The van der Waals surface area contributed by atoms with Crippen molar-refractivity contribution in [1.82, 2.24) is 9.78 Å². The lowest BCUT2D eigenvalue weighted by atomic mass is 10.2. The molecule has 0 radical (unpaired) electrons. The Morgan fingerprint density at radius 2 is 2.12 bits per heavy atom. The summed E-state index contributed by atoms with van der Waals surface area (Å²) in [6.07, 6.45) is 3.01. The number of esters is 1. The zero-order valence-electron chi connectivity index (χ0n) is 9.26. The monoisotopic (exact) mass is 234 g/mol. The number of carbonyl (C=O) groups is 1. The van der Waals surface area contributed by atoms with Crippen LogP contribution in [0.3, 0.4) is 0 Å². The molecule has 0 N–H and O–H groups in total. The fraction of sp³-hybridized carbons (Fsp3) is 0.167. The van der Waals surface area contributed by atoms with E-state index in [1.54, 1.807) is 25.4 Å². The average molecular weight is 234 g/mol. The van der Waals surface area contributed by atoms with Crippen LogP contribution in [0.25, 0.3) is 0 Å². The Kier molecular flexibility index (Phi) is 3.18. The third-order valence-electron chi connectivity index (χ3n) is 2.22. The molecule has 1 aromatic carbocycles. The van der Waals surface area contributed by atoms with Crippen LogP contribution in [0.5, 0.6) is 0 Å². The van der Waals surface area contributed by atoms with Gasteiger partial charge in [0.25, 0.3) is 0 Å². The van der Waals surface area contributed by atoms with Crippen molar-refractivity contribution in [2.75, 3.05) is 0 Å². The molecule has 0 aliphatic carbocycles. The van der Waals surface area contributed by atoms with E-state index in [4.69, 9.17) is 4.74 Å². The van der Waals surface area contributed by atoms with Crippen LogP contribution in [-0.4, -0.2) is 15.7 Å². The van der Waals surface area contributed by atoms with Crippen molar-refractivity contribution < 1.29 is 13.9 Å². The standard InChI is InChI=1S/C12H11FN2O2/c1-15-7-10(6-14-15)12(16)17-8-9-2-4-11(13)5-3-9/h2-7H,8H2,1H3. The molecule has 0 aliphatic rings. The number of aromatic nitrogens is 2. The molecule has 17 heavy (non-hydrogen) atoms. The Hall–Kier alpha value is -2.17. The van der Waals surface area contributed by atoms with E-state index < -0.39 is 5.97 Å². The maximum Gasteiger partial charge on any atom is 0.341 e. The van der Waals surface area contributed by atoms with Gasteiger partial charge in [-0.15, -0.1) is 0 Å². The summed E-state index contributed by atoms with van der Waals surface area (Å²) in [5, 5.41) is 3.87. The van der Waals surface area contributed by atoms with Gasteiger partial charge in [0.15, 0.2) is 0 Å². The first kappa shape index (κ1) is 11.3. The van der Waals surface area contributed by atoms with Gasteiger partial charge >= 0.3 is 5.97 Å². The van der Waals surface area contributed by atoms with Gasteiger partial charge in [-0.25, -0.2) is 9.18 Å². The van der Waals surface area contributed by atoms with Crippen molar-refractivity contribution in [2.24, 2.45) is 7.05 Å². The topological polar surface area (TPSA) is 44.1 Å². The molecule has 1 aromatic heterocycles. The fourth-order valence-corrected chi connectivity index (χ4v) is 1.34. The first-order chi connectivity index (χ1) is 8.15. The van der Waals surface area contributed by atoms with Gasteiger partial charge in [0.05, 0.1) is 11.8 Å². The second kappa shape index (κ2) is 4.78. The van der Waals surface area contributed by atoms with Crippen LogP contribution in [-0.2, 0) is 18.4 Å². The van der Waals surface area contributed by atoms with E-state index in [1.807, 2.05) is 0 Å². The Morgan fingerprint density at radius 3 is 2.71 bits per heavy atom. The van der Waals surface area contributed by atoms with Gasteiger partial charge in [0, 0.05) is 13.2 Å². The van der Waals surface area contributed by atoms with E-state index in [-0.39, 0.29) is 12.4 Å². The molecule has 0 fully saturated rings. The number of halogens is 1. The van der Waals surface area contributed by atoms with Crippen LogP contribution in [0.2, 0.25) is 0 Å². The molecule has 0 saturated carbocycles. The fourth-order valence-electron chi connectivity index (χ4n) is 1.34. The highest BCUT2D eigenvalue weighted by atomic mass is 19.1. The highest BCUT2D eigenvalue weighted by molar-refractivity contribution is 5.88. The van der Waals surface area contributed by atoms with E-state index in [2.05, 4.69) is 5.10 Å². The Morgan fingerprint density at radius 1 is 1.41 bits per heavy atom. The maximum atomic E-state index is 12.6. The lowest BCUT2D eigenvalue weighted by molar-refractivity contribution is 0.0472. The molecule has 0 aliphatic heterocycles. The molecule has 0 bridgehead atoms. The minimum absolute atomic E-state index is 0.119. The van der Waals surface area contributed by atoms with Crippen LogP contribution < -0.4 is 0 Å². The molecule has 2 rings (SSSR count). The minimum atomic E-state index is -0.442. The smallest absolute Gasteiger partial charge is 0.341 e. The lowest BCUT2D eigenvalue weighted by Crippen LogP contribution is -2.04. The van der Waals surface area contributed by atoms with E-state index >= 15 is 0 Å². The third kappa shape index (κ3) is 2.90. The molecule has 5 heteroatoms. The zero-order valence-corrected chi connectivity index (χ0v) is 9.26. The molecule has 4 nitrogen and oxygen atoms in total. The summed E-state index contributed by atoms with van der Waals surface area (Å²) >= 11 is 0. The highest BCUT2D eigenvalue weighted by Gasteiger charge is 2.09. The summed E-state index contributed by atoms with van der Waals surface area (Å²) in [5.74, 6) is -0.755. The zero-order chi connectivity index (χ0) is 12.3. The summed E-state index contributed by atoms with van der Waals surface area (Å²) in [7, 11) is 1.72. The number of carbonyl (C=O) groups excluding carboxylic acids is 1. The molecule has 0 amide bonds. The third-order valence-corrected chi connectivity index (χ3v) is 2.22. The first-order valence-electron chi connectivity index (χ1n) is 5.05. The summed E-state index contributed by atoms with van der Waals surface area (Å²) in [6, 6.07) is 5.80. The Labute approximate surface area is 97.6 Å². The quantitative estimate of drug-likeness (QED) is 0.762. The normalized spacial score (nSPS) is 10.2. The molecule has 0 atom stereocenters. The summed E-state index contributed by atoms with van der Waals surface area (Å²) in [5.41, 5.74) is 1.14. The molecule has 0 saturated heterocycles. The van der Waals surface area contributed by atoms with Gasteiger partial charge in [-0.2, -0.15) is 5.10 Å². The number of hydrogen-bond donors (Lipinski definition) is 0. The van der Waals surface area contributed by atoms with Gasteiger partial charge in [-0.3, -0.25) is 4.68 Å². The van der Waals surface area contributed by atoms with Gasteiger partial charge in [0.1, 0.15) is 12.4 Å². The molecule has 2 aromatic rings. The Bertz CT molecular complexity index is 520. The molecule has 0 unspecified atom stereocenters. The van der Waals surface area contributed by atoms with Crippen LogP contribution in [0.4, 0.5) is 4.39 Å². The molecular weight excluding hydrogens is 223 g/mol. The van der Waals surface area contributed by atoms with E-state index in [0.29, 0.717) is 5.56 Å². The number of benzene rings is 1. The van der Waals surface area contributed by atoms with Crippen molar-refractivity contribution in [2.45, 2.75) is 6.61 Å². The van der Waals surface area contributed by atoms with Crippen LogP contribution in [0.1, 0.15) is 15.9 Å². The van der Waals surface area contributed by atoms with E-state index in [9.17, 15) is 9.18 Å². The molecule has 88 valence electrons. The lowest BCUT2D eigenvalue weighted by Gasteiger charge is -2.02. The number of ether oxygens (including phenoxy) is 1. The van der Waals surface area contributed by atoms with Crippen molar-refractivity contribution in [3.8, 4) is 0 Å². The van der Waals surface area contributed by atoms with E-state index in [0.717, 1.165) is 5.56 Å². The SMILES string of the molecule is Cn1cc(C(=O)OCc2ccc(F)cc2)cn1. The number of nitrogens with zero attached hydrogens (tertiary/aromatic N) is 2. The second-order valence-electron chi connectivity index (χ2n) is 3.61. The Balaban J connectivity index is 1.94. The molecular formula is C12H11FN2O2. The summed E-state index contributed by atoms with van der Waals surface area (Å²) < 4.78 is 19.2. The van der Waals surface area contributed by atoms with Crippen molar-refractivity contribution >= 4 is 5.97 Å². The van der Waals surface area contributed by atoms with Gasteiger partial charge in [0.2, 0.25) is 0 Å². The number of aryl methyl sites for hydroxylation is 1. The van der Waals surface area contributed by atoms with Crippen LogP contribution >= 0.6 is 0 Å². The largest absolute Gasteiger partial charge is 0.457 e. The predicted octanol–water partition coefficient (Wildman–Crippen LogP) is 1.92. The highest BCUT2D eigenvalue weighted by Crippen LogP contribution is 2.06. The van der Waals surface area contributed by atoms with Gasteiger partial charge in [-0.1, -0.05) is 12.1 Å².